The lowest BCUT2D eigenvalue weighted by Crippen LogP contribution is -2.39. The fraction of sp³-hybridized carbons (Fsp3) is 0.409. The van der Waals surface area contributed by atoms with Crippen LogP contribution in [-0.4, -0.2) is 39.4 Å². The molecule has 164 valence electrons. The molecule has 0 bridgehead atoms. The van der Waals surface area contributed by atoms with Gasteiger partial charge in [0.15, 0.2) is 11.6 Å². The summed E-state index contributed by atoms with van der Waals surface area (Å²) in [7, 11) is 0. The summed E-state index contributed by atoms with van der Waals surface area (Å²) in [6, 6.07) is 3.47. The Balaban J connectivity index is 1.40. The number of carbonyl (C=O) groups excluding carboxylic acids is 2. The van der Waals surface area contributed by atoms with E-state index in [1.54, 1.807) is 15.9 Å². The second kappa shape index (κ2) is 8.74. The molecular weight excluding hydrogens is 422 g/mol. The molecule has 0 aliphatic carbocycles. The Labute approximate surface area is 182 Å². The van der Waals surface area contributed by atoms with Crippen LogP contribution < -0.4 is 5.32 Å². The van der Waals surface area contributed by atoms with Gasteiger partial charge in [0.05, 0.1) is 17.4 Å². The predicted octanol–water partition coefficient (Wildman–Crippen LogP) is 3.66. The minimum Gasteiger partial charge on any atom is -0.354 e. The van der Waals surface area contributed by atoms with Gasteiger partial charge in [0.25, 0.3) is 0 Å². The highest BCUT2D eigenvalue weighted by Gasteiger charge is 2.27. The standard InChI is InChI=1S/C22H24F2N4O2S/c1-13(2)21(28-12-26-17-9-15(23)16(24)10-18(17)28)22(30)25-6-3-20(29)27-7-4-19-14(11-27)5-8-31-19/h5,8-10,12-13,21H,3-4,6-7,11H2,1-2H3,(H,25,30). The molecule has 0 fully saturated rings. The minimum atomic E-state index is -0.988. The van der Waals surface area contributed by atoms with Gasteiger partial charge >= 0.3 is 0 Å². The summed E-state index contributed by atoms with van der Waals surface area (Å²) in [5, 5.41) is 4.87. The quantitative estimate of drug-likeness (QED) is 0.628. The first-order valence-corrected chi connectivity index (χ1v) is 11.2. The monoisotopic (exact) mass is 446 g/mol. The van der Waals surface area contributed by atoms with E-state index in [0.29, 0.717) is 18.6 Å². The maximum atomic E-state index is 13.8. The molecule has 3 aromatic rings. The first-order valence-electron chi connectivity index (χ1n) is 10.3. The van der Waals surface area contributed by atoms with Crippen LogP contribution in [0.4, 0.5) is 8.78 Å². The molecule has 0 radical (unpaired) electrons. The Morgan fingerprint density at radius 3 is 2.81 bits per heavy atom. The second-order valence-corrected chi connectivity index (χ2v) is 9.07. The maximum Gasteiger partial charge on any atom is 0.243 e. The zero-order valence-corrected chi connectivity index (χ0v) is 18.2. The summed E-state index contributed by atoms with van der Waals surface area (Å²) in [6.45, 7) is 5.26. The third kappa shape index (κ3) is 4.32. The van der Waals surface area contributed by atoms with Gasteiger partial charge in [-0.2, -0.15) is 0 Å². The molecule has 31 heavy (non-hydrogen) atoms. The fourth-order valence-electron chi connectivity index (χ4n) is 4.01. The summed E-state index contributed by atoms with van der Waals surface area (Å²) in [4.78, 5) is 32.7. The number of halogens is 2. The van der Waals surface area contributed by atoms with E-state index in [0.717, 1.165) is 18.6 Å². The number of fused-ring (bicyclic) bond motifs is 2. The molecule has 1 aliphatic rings. The van der Waals surface area contributed by atoms with E-state index in [4.69, 9.17) is 0 Å². The molecule has 0 saturated carbocycles. The van der Waals surface area contributed by atoms with Crippen molar-refractivity contribution in [2.24, 2.45) is 5.92 Å². The van der Waals surface area contributed by atoms with Crippen LogP contribution in [0, 0.1) is 17.6 Å². The van der Waals surface area contributed by atoms with Crippen molar-refractivity contribution in [2.75, 3.05) is 13.1 Å². The van der Waals surface area contributed by atoms with Crippen molar-refractivity contribution in [3.8, 4) is 0 Å². The largest absolute Gasteiger partial charge is 0.354 e. The number of carbonyl (C=O) groups is 2. The third-order valence-corrected chi connectivity index (χ3v) is 6.64. The molecule has 1 unspecified atom stereocenters. The number of imidazole rings is 1. The SMILES string of the molecule is CC(C)C(C(=O)NCCC(=O)N1CCc2sccc2C1)n1cnc2cc(F)c(F)cc21. The molecule has 6 nitrogen and oxygen atoms in total. The molecular formula is C22H24F2N4O2S. The molecule has 4 rings (SSSR count). The van der Waals surface area contributed by atoms with Crippen LogP contribution in [0.15, 0.2) is 29.9 Å². The number of hydrogen-bond donors (Lipinski definition) is 1. The van der Waals surface area contributed by atoms with Gasteiger partial charge in [-0.15, -0.1) is 11.3 Å². The van der Waals surface area contributed by atoms with Crippen molar-refractivity contribution >= 4 is 34.2 Å². The van der Waals surface area contributed by atoms with Gasteiger partial charge in [0.1, 0.15) is 6.04 Å². The van der Waals surface area contributed by atoms with Gasteiger partial charge in [-0.3, -0.25) is 9.59 Å². The van der Waals surface area contributed by atoms with Crippen LogP contribution in [-0.2, 0) is 22.6 Å². The molecule has 1 aliphatic heterocycles. The number of nitrogens with one attached hydrogen (secondary N) is 1. The Morgan fingerprint density at radius 1 is 1.26 bits per heavy atom. The minimum absolute atomic E-state index is 0.00359. The molecule has 9 heteroatoms. The Morgan fingerprint density at radius 2 is 2.03 bits per heavy atom. The lowest BCUT2D eigenvalue weighted by atomic mass is 10.0. The van der Waals surface area contributed by atoms with Crippen LogP contribution >= 0.6 is 11.3 Å². The number of amides is 2. The first-order chi connectivity index (χ1) is 14.8. The van der Waals surface area contributed by atoms with E-state index in [-0.39, 0.29) is 36.2 Å². The maximum absolute atomic E-state index is 13.8. The fourth-order valence-corrected chi connectivity index (χ4v) is 4.90. The van der Waals surface area contributed by atoms with Gasteiger partial charge in [-0.25, -0.2) is 13.8 Å². The lowest BCUT2D eigenvalue weighted by molar-refractivity contribution is -0.132. The Hall–Kier alpha value is -2.81. The van der Waals surface area contributed by atoms with Crippen LogP contribution in [0.1, 0.15) is 36.8 Å². The molecule has 1 atom stereocenters. The van der Waals surface area contributed by atoms with Gasteiger partial charge in [-0.1, -0.05) is 13.8 Å². The van der Waals surface area contributed by atoms with Crippen molar-refractivity contribution in [1.29, 1.82) is 0 Å². The average Bonchev–Trinajstić information content (AvgIpc) is 3.35. The summed E-state index contributed by atoms with van der Waals surface area (Å²) in [6.07, 6.45) is 2.50. The summed E-state index contributed by atoms with van der Waals surface area (Å²) in [5.41, 5.74) is 1.83. The molecule has 2 aromatic heterocycles. The van der Waals surface area contributed by atoms with Gasteiger partial charge in [0, 0.05) is 43.1 Å². The molecule has 1 aromatic carbocycles. The molecule has 3 heterocycles. The van der Waals surface area contributed by atoms with Crippen molar-refractivity contribution in [1.82, 2.24) is 19.8 Å². The van der Waals surface area contributed by atoms with E-state index >= 15 is 0 Å². The van der Waals surface area contributed by atoms with E-state index in [9.17, 15) is 18.4 Å². The third-order valence-electron chi connectivity index (χ3n) is 5.62. The van der Waals surface area contributed by atoms with E-state index in [2.05, 4.69) is 16.4 Å². The number of rotatable bonds is 6. The van der Waals surface area contributed by atoms with E-state index < -0.39 is 17.7 Å². The van der Waals surface area contributed by atoms with Crippen LogP contribution in [0.5, 0.6) is 0 Å². The van der Waals surface area contributed by atoms with E-state index in [1.807, 2.05) is 24.1 Å². The highest BCUT2D eigenvalue weighted by atomic mass is 32.1. The highest BCUT2D eigenvalue weighted by molar-refractivity contribution is 7.10. The van der Waals surface area contributed by atoms with Crippen LogP contribution in [0.25, 0.3) is 11.0 Å². The summed E-state index contributed by atoms with van der Waals surface area (Å²) < 4.78 is 28.8. The van der Waals surface area contributed by atoms with E-state index in [1.165, 1.54) is 16.8 Å². The average molecular weight is 447 g/mol. The summed E-state index contributed by atoms with van der Waals surface area (Å²) >= 11 is 1.72. The number of thiophene rings is 1. The van der Waals surface area contributed by atoms with Crippen molar-refractivity contribution < 1.29 is 18.4 Å². The molecule has 0 saturated heterocycles. The van der Waals surface area contributed by atoms with Gasteiger partial charge in [0.2, 0.25) is 11.8 Å². The highest BCUT2D eigenvalue weighted by Crippen LogP contribution is 2.26. The van der Waals surface area contributed by atoms with Crippen molar-refractivity contribution in [3.63, 3.8) is 0 Å². The van der Waals surface area contributed by atoms with Gasteiger partial charge < -0.3 is 14.8 Å². The predicted molar refractivity (Wildman–Crippen MR) is 115 cm³/mol. The second-order valence-electron chi connectivity index (χ2n) is 8.07. The normalized spacial score (nSPS) is 14.7. The number of benzene rings is 1. The number of nitrogens with zero attached hydrogens (tertiary/aromatic N) is 3. The first kappa shape index (κ1) is 21.4. The molecule has 2 amide bonds. The van der Waals surface area contributed by atoms with Crippen LogP contribution in [0.2, 0.25) is 0 Å². The number of hydrogen-bond acceptors (Lipinski definition) is 4. The Kier molecular flexibility index (Phi) is 6.04. The topological polar surface area (TPSA) is 67.2 Å². The Bertz CT molecular complexity index is 1120. The van der Waals surface area contributed by atoms with Crippen molar-refractivity contribution in [3.05, 3.63) is 52.0 Å². The number of aromatic nitrogens is 2. The molecule has 1 N–H and O–H groups in total. The molecule has 0 spiro atoms. The van der Waals surface area contributed by atoms with Gasteiger partial charge in [-0.05, 0) is 29.3 Å². The lowest BCUT2D eigenvalue weighted by Gasteiger charge is -2.27. The zero-order chi connectivity index (χ0) is 22.1. The zero-order valence-electron chi connectivity index (χ0n) is 17.4. The van der Waals surface area contributed by atoms with Crippen molar-refractivity contribution in [2.45, 2.75) is 39.3 Å². The smallest absolute Gasteiger partial charge is 0.243 e. The summed E-state index contributed by atoms with van der Waals surface area (Å²) in [5.74, 6) is -2.37. The van der Waals surface area contributed by atoms with Crippen LogP contribution in [0.3, 0.4) is 0 Å².